The minimum absolute atomic E-state index is 0.0408. The zero-order valence-corrected chi connectivity index (χ0v) is 22.0. The molecule has 3 aromatic carbocycles. The van der Waals surface area contributed by atoms with Crippen LogP contribution < -0.4 is 19.1 Å². The van der Waals surface area contributed by atoms with Crippen LogP contribution in [-0.2, 0) is 16.1 Å². The van der Waals surface area contributed by atoms with Crippen molar-refractivity contribution in [3.8, 4) is 23.0 Å². The Balaban J connectivity index is 1.64. The molecule has 0 aromatic heterocycles. The Hall–Kier alpha value is -4.66. The van der Waals surface area contributed by atoms with Crippen molar-refractivity contribution in [1.29, 1.82) is 0 Å². The number of amides is 1. The van der Waals surface area contributed by atoms with Gasteiger partial charge in [-0.05, 0) is 60.5 Å². The monoisotopic (exact) mass is 530 g/mol. The molecule has 9 heteroatoms. The number of phenolic OH excluding ortho intramolecular Hbond substituents is 1. The first kappa shape index (κ1) is 26.0. The van der Waals surface area contributed by atoms with Crippen LogP contribution in [0.2, 0.25) is 0 Å². The van der Waals surface area contributed by atoms with Gasteiger partial charge in [0.25, 0.3) is 11.7 Å². The molecule has 5 rings (SSSR count). The number of anilines is 1. The molecule has 1 fully saturated rings. The molecule has 0 spiro atoms. The number of ketones is 1. The second-order valence-electron chi connectivity index (χ2n) is 9.39. The molecule has 1 atom stereocenters. The van der Waals surface area contributed by atoms with Gasteiger partial charge in [0.2, 0.25) is 0 Å². The van der Waals surface area contributed by atoms with Crippen molar-refractivity contribution in [3.63, 3.8) is 0 Å². The summed E-state index contributed by atoms with van der Waals surface area (Å²) in [6, 6.07) is 16.1. The average molecular weight is 531 g/mol. The molecule has 0 radical (unpaired) electrons. The number of nitrogens with zero attached hydrogens (tertiary/aromatic N) is 2. The molecule has 1 saturated heterocycles. The maximum Gasteiger partial charge on any atom is 0.295 e. The first-order chi connectivity index (χ1) is 18.8. The fourth-order valence-electron chi connectivity index (χ4n) is 4.94. The summed E-state index contributed by atoms with van der Waals surface area (Å²) in [6.45, 7) is 3.44. The summed E-state index contributed by atoms with van der Waals surface area (Å²) < 4.78 is 16.5. The van der Waals surface area contributed by atoms with E-state index in [1.165, 1.54) is 11.0 Å². The van der Waals surface area contributed by atoms with Crippen LogP contribution in [0, 0.1) is 0 Å². The Morgan fingerprint density at radius 3 is 2.56 bits per heavy atom. The number of aliphatic hydroxyl groups is 1. The van der Waals surface area contributed by atoms with E-state index in [0.717, 1.165) is 11.3 Å². The number of benzene rings is 3. The largest absolute Gasteiger partial charge is 0.507 e. The zero-order valence-electron chi connectivity index (χ0n) is 22.0. The summed E-state index contributed by atoms with van der Waals surface area (Å²) in [5, 5.41) is 21.8. The molecule has 2 aliphatic heterocycles. The number of methoxy groups -OCH3 is 1. The number of phenols is 1. The number of hydrogen-bond donors (Lipinski definition) is 2. The van der Waals surface area contributed by atoms with Crippen molar-refractivity contribution in [2.24, 2.45) is 0 Å². The third kappa shape index (κ3) is 4.83. The van der Waals surface area contributed by atoms with E-state index in [4.69, 9.17) is 14.2 Å². The summed E-state index contributed by atoms with van der Waals surface area (Å²) in [7, 11) is 3.49. The van der Waals surface area contributed by atoms with Crippen LogP contribution >= 0.6 is 0 Å². The Labute approximate surface area is 226 Å². The zero-order chi connectivity index (χ0) is 27.7. The number of carbonyl (C=O) groups excluding carboxylic acids is 2. The summed E-state index contributed by atoms with van der Waals surface area (Å²) in [4.78, 5) is 30.3. The van der Waals surface area contributed by atoms with Gasteiger partial charge < -0.3 is 34.2 Å². The Bertz CT molecular complexity index is 1450. The summed E-state index contributed by atoms with van der Waals surface area (Å²) in [5.41, 5.74) is 2.42. The maximum absolute atomic E-state index is 13.5. The van der Waals surface area contributed by atoms with Crippen molar-refractivity contribution >= 4 is 23.1 Å². The Morgan fingerprint density at radius 2 is 1.85 bits per heavy atom. The third-order valence-corrected chi connectivity index (χ3v) is 6.98. The highest BCUT2D eigenvalue weighted by Gasteiger charge is 2.46. The average Bonchev–Trinajstić information content (AvgIpc) is 3.19. The summed E-state index contributed by atoms with van der Waals surface area (Å²) >= 11 is 0. The highest BCUT2D eigenvalue weighted by molar-refractivity contribution is 6.46. The number of aliphatic hydroxyl groups excluding tert-OH is 1. The minimum atomic E-state index is -0.920. The molecule has 9 nitrogen and oxygen atoms in total. The molecule has 2 heterocycles. The van der Waals surface area contributed by atoms with Gasteiger partial charge in [-0.25, -0.2) is 0 Å². The lowest BCUT2D eigenvalue weighted by atomic mass is 9.94. The molecule has 39 heavy (non-hydrogen) atoms. The standard InChI is InChI=1S/C30H30N2O7/c1-4-38-25-16-19(7-11-23(25)33)27-26(28(34)20-8-12-24-22(15-20)31(2)13-14-39-24)29(35)30(36)32(27)17-18-5-9-21(37-3)10-6-18/h5-12,15-16,27,33-34H,4,13-14,17H2,1-3H3/b28-26+. The molecule has 0 aliphatic carbocycles. The first-order valence-corrected chi connectivity index (χ1v) is 12.7. The summed E-state index contributed by atoms with van der Waals surface area (Å²) in [5.74, 6) is -0.317. The first-order valence-electron chi connectivity index (χ1n) is 12.7. The van der Waals surface area contributed by atoms with Crippen molar-refractivity contribution in [2.75, 3.05) is 38.8 Å². The van der Waals surface area contributed by atoms with E-state index in [9.17, 15) is 19.8 Å². The number of hydrogen-bond acceptors (Lipinski definition) is 8. The van der Waals surface area contributed by atoms with E-state index >= 15 is 0 Å². The smallest absolute Gasteiger partial charge is 0.295 e. The van der Waals surface area contributed by atoms with Crippen molar-refractivity contribution < 1.29 is 34.0 Å². The van der Waals surface area contributed by atoms with Crippen LogP contribution in [0.3, 0.4) is 0 Å². The van der Waals surface area contributed by atoms with Crippen molar-refractivity contribution in [2.45, 2.75) is 19.5 Å². The second-order valence-corrected chi connectivity index (χ2v) is 9.39. The van der Waals surface area contributed by atoms with E-state index in [-0.39, 0.29) is 29.4 Å². The number of likely N-dealkylation sites (N-methyl/N-ethyl adjacent to an activating group) is 1. The van der Waals surface area contributed by atoms with Gasteiger partial charge in [0.05, 0.1) is 37.6 Å². The van der Waals surface area contributed by atoms with Crippen LogP contribution in [0.5, 0.6) is 23.0 Å². The number of Topliss-reactive ketones (excluding diaryl/α,β-unsaturated/α-hetero) is 1. The van der Waals surface area contributed by atoms with Gasteiger partial charge in [-0.3, -0.25) is 9.59 Å². The Kier molecular flexibility index (Phi) is 7.06. The number of fused-ring (bicyclic) bond motifs is 1. The molecule has 0 saturated carbocycles. The second kappa shape index (κ2) is 10.6. The predicted octanol–water partition coefficient (Wildman–Crippen LogP) is 4.25. The van der Waals surface area contributed by atoms with Gasteiger partial charge in [-0.15, -0.1) is 0 Å². The molecule has 0 bridgehead atoms. The van der Waals surface area contributed by atoms with E-state index in [2.05, 4.69) is 0 Å². The topological polar surface area (TPSA) is 109 Å². The third-order valence-electron chi connectivity index (χ3n) is 6.98. The quantitative estimate of drug-likeness (QED) is 0.265. The fourth-order valence-corrected chi connectivity index (χ4v) is 4.94. The van der Waals surface area contributed by atoms with E-state index in [0.29, 0.717) is 42.4 Å². The van der Waals surface area contributed by atoms with Gasteiger partial charge in [0.1, 0.15) is 23.9 Å². The van der Waals surface area contributed by atoms with Gasteiger partial charge in [0, 0.05) is 19.2 Å². The van der Waals surface area contributed by atoms with Crippen LogP contribution in [0.15, 0.2) is 66.2 Å². The SMILES string of the molecule is CCOc1cc(C2/C(=C(\O)c3ccc4c(c3)N(C)CCO4)C(=O)C(=O)N2Cc2ccc(OC)cc2)ccc1O. The lowest BCUT2D eigenvalue weighted by Gasteiger charge is -2.28. The van der Waals surface area contributed by atoms with E-state index in [1.54, 1.807) is 56.5 Å². The molecule has 1 unspecified atom stereocenters. The van der Waals surface area contributed by atoms with E-state index in [1.807, 2.05) is 24.1 Å². The predicted molar refractivity (Wildman–Crippen MR) is 145 cm³/mol. The molecule has 2 N–H and O–H groups in total. The lowest BCUT2D eigenvalue weighted by molar-refractivity contribution is -0.140. The van der Waals surface area contributed by atoms with Crippen molar-refractivity contribution in [1.82, 2.24) is 4.90 Å². The van der Waals surface area contributed by atoms with E-state index < -0.39 is 17.7 Å². The van der Waals surface area contributed by atoms with Gasteiger partial charge in [0.15, 0.2) is 11.5 Å². The van der Waals surface area contributed by atoms with Crippen LogP contribution in [0.25, 0.3) is 5.76 Å². The molecule has 202 valence electrons. The summed E-state index contributed by atoms with van der Waals surface area (Å²) in [6.07, 6.45) is 0. The van der Waals surface area contributed by atoms with Crippen LogP contribution in [0.1, 0.15) is 29.7 Å². The lowest BCUT2D eigenvalue weighted by Crippen LogP contribution is -2.29. The molecular formula is C30H30N2O7. The number of ether oxygens (including phenoxy) is 3. The highest BCUT2D eigenvalue weighted by Crippen LogP contribution is 2.43. The normalized spacial score (nSPS) is 18.1. The number of carbonyl (C=O) groups is 2. The van der Waals surface area contributed by atoms with Gasteiger partial charge in [-0.2, -0.15) is 0 Å². The number of aromatic hydroxyl groups is 1. The Morgan fingerprint density at radius 1 is 1.08 bits per heavy atom. The fraction of sp³-hybridized carbons (Fsp3) is 0.267. The highest BCUT2D eigenvalue weighted by atomic mass is 16.5. The molecule has 1 amide bonds. The van der Waals surface area contributed by atoms with Gasteiger partial charge >= 0.3 is 0 Å². The van der Waals surface area contributed by atoms with Crippen LogP contribution in [-0.4, -0.2) is 60.7 Å². The molecular weight excluding hydrogens is 500 g/mol. The van der Waals surface area contributed by atoms with Crippen LogP contribution in [0.4, 0.5) is 5.69 Å². The minimum Gasteiger partial charge on any atom is -0.507 e. The molecule has 3 aromatic rings. The number of likely N-dealkylation sites (tertiary alicyclic amines) is 1. The maximum atomic E-state index is 13.5. The number of rotatable bonds is 7. The van der Waals surface area contributed by atoms with Gasteiger partial charge in [-0.1, -0.05) is 18.2 Å². The molecule has 2 aliphatic rings. The van der Waals surface area contributed by atoms with Crippen molar-refractivity contribution in [3.05, 3.63) is 82.9 Å².